The normalized spacial score (nSPS) is 15.2. The Morgan fingerprint density at radius 1 is 1.45 bits per heavy atom. The lowest BCUT2D eigenvalue weighted by atomic mass is 10.0. The molecule has 0 aromatic rings. The monoisotopic (exact) mass is 161 g/mol. The first-order valence-electron chi connectivity index (χ1n) is 3.13. The summed E-state index contributed by atoms with van der Waals surface area (Å²) >= 11 is 0. The summed E-state index contributed by atoms with van der Waals surface area (Å²) in [6.45, 7) is -0.995. The molecule has 0 aromatic carbocycles. The highest BCUT2D eigenvalue weighted by molar-refractivity contribution is 4.79. The molecule has 3 N–H and O–H groups in total. The second-order valence-corrected chi connectivity index (χ2v) is 2.25. The van der Waals surface area contributed by atoms with E-state index in [1.807, 2.05) is 0 Å². The van der Waals surface area contributed by atoms with E-state index in [1.165, 1.54) is 0 Å². The Bertz CT molecular complexity index is 157. The summed E-state index contributed by atoms with van der Waals surface area (Å²) in [5, 5.41) is 29.4. The highest BCUT2D eigenvalue weighted by Crippen LogP contribution is 2.08. The number of hydrogen-bond donors (Lipinski definition) is 3. The van der Waals surface area contributed by atoms with E-state index in [0.29, 0.717) is 0 Å². The zero-order valence-electron chi connectivity index (χ0n) is 6.01. The van der Waals surface area contributed by atoms with E-state index in [9.17, 15) is 5.11 Å². The number of aliphatic hydroxyl groups is 3. The van der Waals surface area contributed by atoms with E-state index < -0.39 is 12.2 Å². The molecule has 0 rings (SSSR count). The zero-order chi connectivity index (χ0) is 8.74. The molecule has 0 fully saturated rings. The molecular weight excluding hydrogens is 150 g/mol. The predicted octanol–water partition coefficient (Wildman–Crippen LogP) is -0.598. The number of aliphatic hydroxyl groups excluding tert-OH is 2. The first-order valence-corrected chi connectivity index (χ1v) is 3.13. The van der Waals surface area contributed by atoms with Gasteiger partial charge in [0.05, 0.1) is 18.8 Å². The first-order chi connectivity index (χ1) is 5.18. The minimum atomic E-state index is -1.47. The Hall–Kier alpha value is -0.810. The second-order valence-electron chi connectivity index (χ2n) is 2.25. The molecular formula is C5H11N3O3. The molecule has 0 aliphatic carbocycles. The summed E-state index contributed by atoms with van der Waals surface area (Å²) in [4.78, 5) is 2.42. The lowest BCUT2D eigenvalue weighted by Crippen LogP contribution is -2.37. The summed E-state index contributed by atoms with van der Waals surface area (Å²) < 4.78 is 0. The summed E-state index contributed by atoms with van der Waals surface area (Å²) in [5.41, 5.74) is 6.43. The van der Waals surface area contributed by atoms with Gasteiger partial charge in [-0.3, -0.25) is 0 Å². The van der Waals surface area contributed by atoms with Crippen molar-refractivity contribution in [2.45, 2.75) is 12.0 Å². The van der Waals surface area contributed by atoms with Crippen LogP contribution in [0.25, 0.3) is 10.4 Å². The van der Waals surface area contributed by atoms with Crippen molar-refractivity contribution in [2.24, 2.45) is 5.11 Å². The van der Waals surface area contributed by atoms with Gasteiger partial charge in [0.2, 0.25) is 0 Å². The molecule has 0 saturated heterocycles. The zero-order valence-corrected chi connectivity index (χ0v) is 6.01. The molecule has 0 aromatic heterocycles. The lowest BCUT2D eigenvalue weighted by molar-refractivity contribution is -0.0239. The average molecular weight is 161 g/mol. The molecule has 1 atom stereocenters. The van der Waals surface area contributed by atoms with E-state index in [4.69, 9.17) is 15.7 Å². The van der Waals surface area contributed by atoms with Gasteiger partial charge in [-0.1, -0.05) is 5.11 Å². The highest BCUT2D eigenvalue weighted by atomic mass is 16.3. The molecule has 0 radical (unpaired) electrons. The number of hydrogen-bond acceptors (Lipinski definition) is 4. The SMILES string of the molecule is [N-]=[N+]=NCC(O)(CO)CCO. The van der Waals surface area contributed by atoms with Crippen LogP contribution >= 0.6 is 0 Å². The second kappa shape index (κ2) is 4.92. The number of nitrogens with zero attached hydrogens (tertiary/aromatic N) is 3. The maximum atomic E-state index is 9.28. The maximum Gasteiger partial charge on any atom is 0.0955 e. The summed E-state index contributed by atoms with van der Waals surface area (Å²) in [7, 11) is 0. The molecule has 64 valence electrons. The van der Waals surface area contributed by atoms with Crippen LogP contribution in [0.15, 0.2) is 5.11 Å². The van der Waals surface area contributed by atoms with Crippen molar-refractivity contribution < 1.29 is 15.3 Å². The molecule has 6 heteroatoms. The van der Waals surface area contributed by atoms with Crippen molar-refractivity contribution in [3.8, 4) is 0 Å². The van der Waals surface area contributed by atoms with Crippen LogP contribution in [0.5, 0.6) is 0 Å². The summed E-state index contributed by atoms with van der Waals surface area (Å²) in [6, 6.07) is 0. The third kappa shape index (κ3) is 3.79. The van der Waals surface area contributed by atoms with Gasteiger partial charge in [0, 0.05) is 17.9 Å². The first kappa shape index (κ1) is 10.2. The van der Waals surface area contributed by atoms with Crippen molar-refractivity contribution >= 4 is 0 Å². The number of rotatable bonds is 5. The van der Waals surface area contributed by atoms with Crippen LogP contribution in [0, 0.1) is 0 Å². The highest BCUT2D eigenvalue weighted by Gasteiger charge is 2.23. The third-order valence-electron chi connectivity index (χ3n) is 1.30. The van der Waals surface area contributed by atoms with Crippen LogP contribution in [0.4, 0.5) is 0 Å². The van der Waals surface area contributed by atoms with E-state index >= 15 is 0 Å². The van der Waals surface area contributed by atoms with E-state index in [-0.39, 0.29) is 19.6 Å². The number of azide groups is 1. The Morgan fingerprint density at radius 3 is 2.45 bits per heavy atom. The van der Waals surface area contributed by atoms with Crippen molar-refractivity contribution in [2.75, 3.05) is 19.8 Å². The van der Waals surface area contributed by atoms with Crippen molar-refractivity contribution in [3.63, 3.8) is 0 Å². The van der Waals surface area contributed by atoms with E-state index in [2.05, 4.69) is 10.0 Å². The van der Waals surface area contributed by atoms with Gasteiger partial charge in [0.1, 0.15) is 0 Å². The van der Waals surface area contributed by atoms with Gasteiger partial charge in [-0.15, -0.1) is 0 Å². The topological polar surface area (TPSA) is 109 Å². The largest absolute Gasteiger partial charge is 0.396 e. The molecule has 0 amide bonds. The van der Waals surface area contributed by atoms with Crippen molar-refractivity contribution in [1.29, 1.82) is 0 Å². The predicted molar refractivity (Wildman–Crippen MR) is 37.8 cm³/mol. The molecule has 1 unspecified atom stereocenters. The van der Waals surface area contributed by atoms with Crippen LogP contribution in [-0.2, 0) is 0 Å². The molecule has 6 nitrogen and oxygen atoms in total. The van der Waals surface area contributed by atoms with Crippen LogP contribution in [0.2, 0.25) is 0 Å². The van der Waals surface area contributed by atoms with Crippen LogP contribution in [0.3, 0.4) is 0 Å². The Balaban J connectivity index is 3.97. The van der Waals surface area contributed by atoms with Gasteiger partial charge in [-0.05, 0) is 5.53 Å². The van der Waals surface area contributed by atoms with Gasteiger partial charge in [0.25, 0.3) is 0 Å². The van der Waals surface area contributed by atoms with E-state index in [1.54, 1.807) is 0 Å². The average Bonchev–Trinajstić information content (AvgIpc) is 2.02. The van der Waals surface area contributed by atoms with Crippen LogP contribution in [-0.4, -0.2) is 40.7 Å². The lowest BCUT2D eigenvalue weighted by Gasteiger charge is -2.21. The minimum Gasteiger partial charge on any atom is -0.396 e. The van der Waals surface area contributed by atoms with Crippen LogP contribution < -0.4 is 0 Å². The standard InChI is InChI=1S/C5H11N3O3/c6-8-7-3-5(11,4-10)1-2-9/h9-11H,1-4H2. The van der Waals surface area contributed by atoms with Gasteiger partial charge in [-0.2, -0.15) is 0 Å². The van der Waals surface area contributed by atoms with Gasteiger partial charge >= 0.3 is 0 Å². The Labute approximate surface area is 63.7 Å². The molecule has 0 spiro atoms. The van der Waals surface area contributed by atoms with Crippen molar-refractivity contribution in [1.82, 2.24) is 0 Å². The molecule has 0 aliphatic rings. The third-order valence-corrected chi connectivity index (χ3v) is 1.30. The minimum absolute atomic E-state index is 0.00250. The van der Waals surface area contributed by atoms with Gasteiger partial charge in [0.15, 0.2) is 0 Å². The van der Waals surface area contributed by atoms with Gasteiger partial charge < -0.3 is 15.3 Å². The fraction of sp³-hybridized carbons (Fsp3) is 1.00. The Kier molecular flexibility index (Phi) is 4.56. The van der Waals surface area contributed by atoms with Crippen LogP contribution in [0.1, 0.15) is 6.42 Å². The molecule has 11 heavy (non-hydrogen) atoms. The maximum absolute atomic E-state index is 9.28. The molecule has 0 bridgehead atoms. The quantitative estimate of drug-likeness (QED) is 0.284. The summed E-state index contributed by atoms with van der Waals surface area (Å²) in [6.07, 6.45) is 0.00250. The van der Waals surface area contributed by atoms with Gasteiger partial charge in [-0.25, -0.2) is 0 Å². The summed E-state index contributed by atoms with van der Waals surface area (Å²) in [5.74, 6) is 0. The molecule has 0 aliphatic heterocycles. The van der Waals surface area contributed by atoms with E-state index in [0.717, 1.165) is 0 Å². The fourth-order valence-electron chi connectivity index (χ4n) is 0.579. The van der Waals surface area contributed by atoms with Crippen molar-refractivity contribution in [3.05, 3.63) is 10.4 Å². The molecule has 0 heterocycles. The fourth-order valence-corrected chi connectivity index (χ4v) is 0.579. The Morgan fingerprint density at radius 2 is 2.09 bits per heavy atom. The smallest absolute Gasteiger partial charge is 0.0955 e. The molecule has 0 saturated carbocycles.